The Kier molecular flexibility index (Phi) is 6.47. The van der Waals surface area contributed by atoms with Crippen molar-refractivity contribution in [2.75, 3.05) is 37.7 Å². The summed E-state index contributed by atoms with van der Waals surface area (Å²) in [5.41, 5.74) is 2.45. The van der Waals surface area contributed by atoms with Crippen molar-refractivity contribution in [1.82, 2.24) is 30.4 Å². The number of para-hydroxylation sites is 1. The number of anilines is 1. The minimum atomic E-state index is -0.0819. The number of benzene rings is 2. The van der Waals surface area contributed by atoms with Gasteiger partial charge in [0.05, 0.1) is 23.1 Å². The quantitative estimate of drug-likeness (QED) is 0.351. The van der Waals surface area contributed by atoms with Crippen molar-refractivity contribution in [2.45, 2.75) is 25.8 Å². The zero-order valence-electron chi connectivity index (χ0n) is 21.6. The molecule has 39 heavy (non-hydrogen) atoms. The molecule has 11 heteroatoms. The number of amides is 2. The van der Waals surface area contributed by atoms with Gasteiger partial charge in [-0.1, -0.05) is 18.7 Å². The fraction of sp³-hybridized carbons (Fsp3) is 0.321. The van der Waals surface area contributed by atoms with Gasteiger partial charge in [0.1, 0.15) is 23.7 Å². The number of carbonyl (C=O) groups excluding carboxylic acids is 2. The van der Waals surface area contributed by atoms with E-state index in [1.165, 1.54) is 6.08 Å². The van der Waals surface area contributed by atoms with E-state index in [2.05, 4.69) is 27.0 Å². The van der Waals surface area contributed by atoms with Gasteiger partial charge in [0.2, 0.25) is 11.8 Å². The third-order valence-corrected chi connectivity index (χ3v) is 7.20. The Balaban J connectivity index is 1.38. The molecule has 0 radical (unpaired) electrons. The lowest BCUT2D eigenvalue weighted by atomic mass is 10.1. The molecule has 200 valence electrons. The molecule has 2 fully saturated rings. The van der Waals surface area contributed by atoms with Gasteiger partial charge in [0.25, 0.3) is 0 Å². The third-order valence-electron chi connectivity index (χ3n) is 7.20. The van der Waals surface area contributed by atoms with E-state index in [1.54, 1.807) is 11.1 Å². The van der Waals surface area contributed by atoms with Crippen LogP contribution in [0.4, 0.5) is 5.82 Å². The molecular weight excluding hydrogens is 498 g/mol. The van der Waals surface area contributed by atoms with Crippen LogP contribution in [0, 0.1) is 6.92 Å². The van der Waals surface area contributed by atoms with Gasteiger partial charge in [0.15, 0.2) is 5.75 Å². The fourth-order valence-corrected chi connectivity index (χ4v) is 5.07. The molecule has 2 saturated heterocycles. The Hall–Kier alpha value is -4.67. The predicted molar refractivity (Wildman–Crippen MR) is 146 cm³/mol. The molecule has 0 aliphatic carbocycles. The van der Waals surface area contributed by atoms with Crippen LogP contribution in [0.2, 0.25) is 0 Å². The lowest BCUT2D eigenvalue weighted by Gasteiger charge is -2.35. The first-order valence-electron chi connectivity index (χ1n) is 13.0. The summed E-state index contributed by atoms with van der Waals surface area (Å²) in [4.78, 5) is 37.2. The highest BCUT2D eigenvalue weighted by atomic mass is 16.5. The number of hydrogen-bond acceptors (Lipinski definition) is 8. The number of hydrogen-bond donors (Lipinski definition) is 2. The van der Waals surface area contributed by atoms with Crippen LogP contribution in [0.1, 0.15) is 18.4 Å². The molecule has 2 N–H and O–H groups in total. The second-order valence-corrected chi connectivity index (χ2v) is 9.76. The summed E-state index contributed by atoms with van der Waals surface area (Å²) in [6.45, 7) is 8.17. The number of carbonyl (C=O) groups is 2. The van der Waals surface area contributed by atoms with Crippen LogP contribution in [0.3, 0.4) is 0 Å². The summed E-state index contributed by atoms with van der Waals surface area (Å²) < 4.78 is 12.5. The van der Waals surface area contributed by atoms with E-state index in [9.17, 15) is 9.59 Å². The van der Waals surface area contributed by atoms with E-state index in [0.29, 0.717) is 61.9 Å². The molecule has 2 aliphatic rings. The minimum Gasteiger partial charge on any atom is -0.461 e. The van der Waals surface area contributed by atoms with Crippen LogP contribution in [0.25, 0.3) is 21.8 Å². The van der Waals surface area contributed by atoms with E-state index in [0.717, 1.165) is 21.9 Å². The van der Waals surface area contributed by atoms with Crippen molar-refractivity contribution in [3.05, 3.63) is 54.7 Å². The lowest BCUT2D eigenvalue weighted by molar-refractivity contribution is -0.126. The summed E-state index contributed by atoms with van der Waals surface area (Å²) >= 11 is 0. The first kappa shape index (κ1) is 24.7. The van der Waals surface area contributed by atoms with Crippen molar-refractivity contribution >= 4 is 39.4 Å². The normalized spacial score (nSPS) is 17.5. The van der Waals surface area contributed by atoms with E-state index in [-0.39, 0.29) is 30.5 Å². The van der Waals surface area contributed by atoms with Crippen LogP contribution in [0.5, 0.6) is 17.5 Å². The molecule has 0 bridgehead atoms. The monoisotopic (exact) mass is 527 g/mol. The predicted octanol–water partition coefficient (Wildman–Crippen LogP) is 3.10. The summed E-state index contributed by atoms with van der Waals surface area (Å²) in [6, 6.07) is 9.83. The summed E-state index contributed by atoms with van der Waals surface area (Å²) in [5.74, 6) is 1.91. The van der Waals surface area contributed by atoms with Crippen molar-refractivity contribution < 1.29 is 19.1 Å². The molecule has 0 saturated carbocycles. The first-order chi connectivity index (χ1) is 19.0. The number of fused-ring (bicyclic) bond motifs is 2. The van der Waals surface area contributed by atoms with Gasteiger partial charge < -0.3 is 24.6 Å². The maximum atomic E-state index is 12.1. The number of aromatic amines is 1. The zero-order valence-corrected chi connectivity index (χ0v) is 21.6. The molecule has 6 rings (SSSR count). The van der Waals surface area contributed by atoms with Gasteiger partial charge in [-0.15, -0.1) is 0 Å². The number of rotatable bonds is 7. The van der Waals surface area contributed by atoms with E-state index < -0.39 is 0 Å². The second kappa shape index (κ2) is 10.2. The van der Waals surface area contributed by atoms with Gasteiger partial charge in [-0.2, -0.15) is 15.1 Å². The molecule has 11 nitrogen and oxygen atoms in total. The molecule has 2 aromatic carbocycles. The van der Waals surface area contributed by atoms with Crippen LogP contribution >= 0.6 is 0 Å². The number of nitrogens with zero attached hydrogens (tertiary/aromatic N) is 5. The van der Waals surface area contributed by atoms with Crippen LogP contribution < -0.4 is 19.7 Å². The minimum absolute atomic E-state index is 0.0233. The van der Waals surface area contributed by atoms with Crippen molar-refractivity contribution in [3.8, 4) is 17.5 Å². The largest absolute Gasteiger partial charge is 0.461 e. The molecule has 2 aliphatic heterocycles. The summed E-state index contributed by atoms with van der Waals surface area (Å²) in [6.07, 6.45) is 4.29. The van der Waals surface area contributed by atoms with Crippen molar-refractivity contribution in [3.63, 3.8) is 0 Å². The average molecular weight is 528 g/mol. The fourth-order valence-electron chi connectivity index (χ4n) is 5.07. The van der Waals surface area contributed by atoms with Gasteiger partial charge in [-0.3, -0.25) is 14.7 Å². The summed E-state index contributed by atoms with van der Waals surface area (Å²) in [5, 5.41) is 11.8. The Labute approximate surface area is 224 Å². The maximum Gasteiger partial charge on any atom is 0.319 e. The molecule has 0 unspecified atom stereocenters. The molecule has 2 amide bonds. The van der Waals surface area contributed by atoms with Crippen LogP contribution in [-0.2, 0) is 9.59 Å². The second-order valence-electron chi connectivity index (χ2n) is 9.76. The highest BCUT2D eigenvalue weighted by Crippen LogP contribution is 2.38. The highest BCUT2D eigenvalue weighted by Gasteiger charge is 2.26. The Morgan fingerprint density at radius 3 is 2.77 bits per heavy atom. The maximum absolute atomic E-state index is 12.1. The SMILES string of the molecule is C=CC(=O)N1CCN(c2nc(OC[C@@H]3CCC(=O)N3)nc3c(Oc4c(C)ccc5[nH]ncc45)cccc23)CC1. The highest BCUT2D eigenvalue weighted by molar-refractivity contribution is 5.95. The Bertz CT molecular complexity index is 1580. The summed E-state index contributed by atoms with van der Waals surface area (Å²) in [7, 11) is 0. The standard InChI is InChI=1S/C28H29N7O4/c1-3-24(37)34-11-13-35(14-12-34)27-19-5-4-6-22(39-26-17(2)7-9-21-20(26)15-29-33-21)25(19)31-28(32-27)38-16-18-8-10-23(36)30-18/h3-7,9,15,18H,1,8,10-14,16H2,2H3,(H,29,33)(H,30,36)/t18-/m0/s1. The molecule has 4 aromatic rings. The molecule has 0 spiro atoms. The average Bonchev–Trinajstić information content (AvgIpc) is 3.61. The van der Waals surface area contributed by atoms with Crippen molar-refractivity contribution in [2.24, 2.45) is 0 Å². The molecule has 2 aromatic heterocycles. The zero-order chi connectivity index (χ0) is 26.9. The molecule has 1 atom stereocenters. The number of nitrogens with one attached hydrogen (secondary N) is 2. The van der Waals surface area contributed by atoms with E-state index in [1.807, 2.05) is 37.3 Å². The van der Waals surface area contributed by atoms with E-state index >= 15 is 0 Å². The van der Waals surface area contributed by atoms with Gasteiger partial charge in [-0.05, 0) is 43.2 Å². The van der Waals surface area contributed by atoms with Crippen LogP contribution in [0.15, 0.2) is 49.2 Å². The third kappa shape index (κ3) is 4.83. The number of aromatic nitrogens is 4. The van der Waals surface area contributed by atoms with Gasteiger partial charge >= 0.3 is 6.01 Å². The first-order valence-corrected chi connectivity index (χ1v) is 13.0. The number of aryl methyl sites for hydroxylation is 1. The number of piperazine rings is 1. The number of ether oxygens (including phenoxy) is 2. The van der Waals surface area contributed by atoms with Gasteiger partial charge in [-0.25, -0.2) is 0 Å². The topological polar surface area (TPSA) is 126 Å². The van der Waals surface area contributed by atoms with E-state index in [4.69, 9.17) is 19.4 Å². The molecule has 4 heterocycles. The molecular formula is C28H29N7O4. The lowest BCUT2D eigenvalue weighted by Crippen LogP contribution is -2.48. The smallest absolute Gasteiger partial charge is 0.319 e. The Morgan fingerprint density at radius 2 is 2.00 bits per heavy atom. The Morgan fingerprint density at radius 1 is 1.15 bits per heavy atom. The number of H-pyrrole nitrogens is 1. The van der Waals surface area contributed by atoms with Gasteiger partial charge in [0, 0.05) is 38.0 Å². The van der Waals surface area contributed by atoms with Crippen LogP contribution in [-0.4, -0.2) is 75.7 Å². The van der Waals surface area contributed by atoms with Crippen molar-refractivity contribution in [1.29, 1.82) is 0 Å².